The van der Waals surface area contributed by atoms with Gasteiger partial charge in [-0.3, -0.25) is 15.1 Å². The second kappa shape index (κ2) is 5.82. The maximum atomic E-state index is 13.0. The molecule has 0 aromatic heterocycles. The number of benzene rings is 1. The Kier molecular flexibility index (Phi) is 4.22. The Bertz CT molecular complexity index is 738. The number of hydrogen-bond donors (Lipinski definition) is 1. The van der Waals surface area contributed by atoms with E-state index >= 15 is 0 Å². The molecule has 0 bridgehead atoms. The number of hydrogen-bond acceptors (Lipinski definition) is 4. The van der Waals surface area contributed by atoms with Crippen molar-refractivity contribution in [3.05, 3.63) is 45.5 Å². The average molecular weight is 328 g/mol. The van der Waals surface area contributed by atoms with E-state index in [0.717, 1.165) is 6.07 Å². The van der Waals surface area contributed by atoms with Gasteiger partial charge in [-0.15, -0.1) is 0 Å². The van der Waals surface area contributed by atoms with Crippen LogP contribution in [0.5, 0.6) is 0 Å². The minimum absolute atomic E-state index is 0.0695. The molecule has 2 rings (SSSR count). The van der Waals surface area contributed by atoms with E-state index in [4.69, 9.17) is 0 Å². The van der Waals surface area contributed by atoms with Gasteiger partial charge in [0.05, 0.1) is 10.5 Å². The van der Waals surface area contributed by atoms with Crippen LogP contribution in [-0.4, -0.2) is 33.9 Å². The van der Waals surface area contributed by atoms with Crippen LogP contribution in [-0.2, 0) is 4.79 Å². The molecule has 0 saturated heterocycles. The molecule has 1 atom stereocenters. The van der Waals surface area contributed by atoms with Gasteiger partial charge < -0.3 is 5.11 Å². The molecule has 1 aromatic carbocycles. The van der Waals surface area contributed by atoms with Crippen molar-refractivity contribution < 1.29 is 28.0 Å². The van der Waals surface area contributed by atoms with Gasteiger partial charge in [0.15, 0.2) is 0 Å². The predicted octanol–water partition coefficient (Wildman–Crippen LogP) is 3.23. The molecule has 1 aliphatic rings. The number of nitrogens with zero attached hydrogens (tertiary/aromatic N) is 2. The lowest BCUT2D eigenvalue weighted by atomic mass is 9.88. The van der Waals surface area contributed by atoms with E-state index in [0.29, 0.717) is 0 Å². The van der Waals surface area contributed by atoms with E-state index in [1.54, 1.807) is 0 Å². The first-order valence-corrected chi connectivity index (χ1v) is 6.44. The molecular weight excluding hydrogens is 317 g/mol. The molecular formula is C14H11F3N2O4. The van der Waals surface area contributed by atoms with Crippen LogP contribution >= 0.6 is 0 Å². The number of dihydropyridines is 1. The molecule has 0 amide bonds. The molecule has 0 spiro atoms. The third-order valence-electron chi connectivity index (χ3n) is 3.41. The van der Waals surface area contributed by atoms with Crippen molar-refractivity contribution in [1.82, 2.24) is 0 Å². The molecule has 1 aromatic rings. The fourth-order valence-corrected chi connectivity index (χ4v) is 2.40. The topological polar surface area (TPSA) is 92.8 Å². The fraction of sp³-hybridized carbons (Fsp3) is 0.286. The molecule has 1 unspecified atom stereocenters. The van der Waals surface area contributed by atoms with E-state index in [-0.39, 0.29) is 28.1 Å². The standard InChI is InChI=1S/C14H11F3N2O4/c1-7-12(13(20)21)10(6-11(18-7)14(15,16)17)8-3-2-4-9(5-8)19(22)23/h2-5,11H,6H2,1H3,(H,20,21). The Balaban J connectivity index is 2.61. The van der Waals surface area contributed by atoms with Crippen molar-refractivity contribution in [3.63, 3.8) is 0 Å². The zero-order valence-electron chi connectivity index (χ0n) is 11.8. The van der Waals surface area contributed by atoms with Crippen LogP contribution in [0, 0.1) is 10.1 Å². The lowest BCUT2D eigenvalue weighted by molar-refractivity contribution is -0.384. The molecule has 0 aliphatic carbocycles. The number of carboxylic acid groups (broad SMARTS) is 1. The van der Waals surface area contributed by atoms with Crippen molar-refractivity contribution in [2.45, 2.75) is 25.6 Å². The summed E-state index contributed by atoms with van der Waals surface area (Å²) in [5.41, 5.74) is -0.988. The maximum Gasteiger partial charge on any atom is 0.411 e. The molecule has 0 saturated carbocycles. The van der Waals surface area contributed by atoms with Crippen molar-refractivity contribution >= 4 is 22.9 Å². The van der Waals surface area contributed by atoms with E-state index in [2.05, 4.69) is 4.99 Å². The summed E-state index contributed by atoms with van der Waals surface area (Å²) in [6.45, 7) is 1.18. The van der Waals surface area contributed by atoms with E-state index in [1.807, 2.05) is 0 Å². The highest BCUT2D eigenvalue weighted by Crippen LogP contribution is 2.37. The highest BCUT2D eigenvalue weighted by Gasteiger charge is 2.43. The molecule has 9 heteroatoms. The van der Waals surface area contributed by atoms with Crippen LogP contribution in [0.25, 0.3) is 5.57 Å². The van der Waals surface area contributed by atoms with Crippen LogP contribution in [0.2, 0.25) is 0 Å². The molecule has 0 radical (unpaired) electrons. The van der Waals surface area contributed by atoms with Crippen molar-refractivity contribution in [2.24, 2.45) is 4.99 Å². The zero-order chi connectivity index (χ0) is 17.4. The summed E-state index contributed by atoms with van der Waals surface area (Å²) in [6, 6.07) is 2.81. The summed E-state index contributed by atoms with van der Waals surface area (Å²) >= 11 is 0. The Labute approximate surface area is 128 Å². The molecule has 1 aliphatic heterocycles. The summed E-state index contributed by atoms with van der Waals surface area (Å²) in [6.07, 6.45) is -5.30. The lowest BCUT2D eigenvalue weighted by Crippen LogP contribution is -2.32. The normalized spacial score (nSPS) is 18.6. The Morgan fingerprint density at radius 1 is 1.43 bits per heavy atom. The number of halogens is 3. The summed E-state index contributed by atoms with van der Waals surface area (Å²) in [4.78, 5) is 24.9. The van der Waals surface area contributed by atoms with Crippen LogP contribution in [0.1, 0.15) is 18.9 Å². The minimum atomic E-state index is -4.63. The number of aliphatic carboxylic acids is 1. The predicted molar refractivity (Wildman–Crippen MR) is 75.2 cm³/mol. The molecule has 6 nitrogen and oxygen atoms in total. The van der Waals surface area contributed by atoms with Gasteiger partial charge in [-0.25, -0.2) is 4.79 Å². The highest BCUT2D eigenvalue weighted by atomic mass is 19.4. The van der Waals surface area contributed by atoms with E-state index in [9.17, 15) is 33.2 Å². The summed E-state index contributed by atoms with van der Waals surface area (Å²) in [5.74, 6) is -1.42. The van der Waals surface area contributed by atoms with Gasteiger partial charge in [0, 0.05) is 24.3 Å². The lowest BCUT2D eigenvalue weighted by Gasteiger charge is -2.25. The number of alkyl halides is 3. The third-order valence-corrected chi connectivity index (χ3v) is 3.41. The fourth-order valence-electron chi connectivity index (χ4n) is 2.40. The van der Waals surface area contributed by atoms with E-state index in [1.165, 1.54) is 25.1 Å². The number of carboxylic acids is 1. The minimum Gasteiger partial charge on any atom is -0.478 e. The Morgan fingerprint density at radius 3 is 2.61 bits per heavy atom. The van der Waals surface area contributed by atoms with Gasteiger partial charge in [-0.1, -0.05) is 12.1 Å². The van der Waals surface area contributed by atoms with Crippen LogP contribution in [0.3, 0.4) is 0 Å². The second-order valence-corrected chi connectivity index (χ2v) is 4.94. The summed E-state index contributed by atoms with van der Waals surface area (Å²) < 4.78 is 38.9. The van der Waals surface area contributed by atoms with Crippen molar-refractivity contribution in [2.75, 3.05) is 0 Å². The molecule has 23 heavy (non-hydrogen) atoms. The molecule has 0 fully saturated rings. The number of carbonyl (C=O) groups is 1. The van der Waals surface area contributed by atoms with Gasteiger partial charge in [0.2, 0.25) is 0 Å². The van der Waals surface area contributed by atoms with E-state index < -0.39 is 29.5 Å². The summed E-state index contributed by atoms with van der Waals surface area (Å²) in [5, 5.41) is 20.1. The first kappa shape index (κ1) is 16.7. The highest BCUT2D eigenvalue weighted by molar-refractivity contribution is 6.24. The maximum absolute atomic E-state index is 13.0. The first-order valence-electron chi connectivity index (χ1n) is 6.44. The van der Waals surface area contributed by atoms with Gasteiger partial charge in [0.1, 0.15) is 6.04 Å². The number of non-ortho nitro benzene ring substituents is 1. The van der Waals surface area contributed by atoms with Gasteiger partial charge in [-0.2, -0.15) is 13.2 Å². The number of rotatable bonds is 3. The number of nitro benzene ring substituents is 1. The molecule has 1 N–H and O–H groups in total. The van der Waals surface area contributed by atoms with Gasteiger partial charge >= 0.3 is 12.1 Å². The van der Waals surface area contributed by atoms with Gasteiger partial charge in [-0.05, 0) is 18.1 Å². The SMILES string of the molecule is CC1=NC(C(F)(F)F)CC(c2cccc([N+](=O)[O-])c2)=C1C(=O)O. The molecule has 1 heterocycles. The summed E-state index contributed by atoms with van der Waals surface area (Å²) in [7, 11) is 0. The largest absolute Gasteiger partial charge is 0.478 e. The first-order chi connectivity index (χ1) is 10.6. The number of aliphatic imine (C=N–C) groups is 1. The van der Waals surface area contributed by atoms with Crippen LogP contribution < -0.4 is 0 Å². The van der Waals surface area contributed by atoms with Crippen molar-refractivity contribution in [3.8, 4) is 0 Å². The zero-order valence-corrected chi connectivity index (χ0v) is 11.8. The van der Waals surface area contributed by atoms with Crippen molar-refractivity contribution in [1.29, 1.82) is 0 Å². The smallest absolute Gasteiger partial charge is 0.411 e. The second-order valence-electron chi connectivity index (χ2n) is 4.94. The quantitative estimate of drug-likeness (QED) is 0.681. The Morgan fingerprint density at radius 2 is 2.09 bits per heavy atom. The Hall–Kier alpha value is -2.71. The van der Waals surface area contributed by atoms with Crippen LogP contribution in [0.15, 0.2) is 34.8 Å². The van der Waals surface area contributed by atoms with Gasteiger partial charge in [0.25, 0.3) is 5.69 Å². The monoisotopic (exact) mass is 328 g/mol. The number of nitro groups is 1. The molecule has 122 valence electrons. The van der Waals surface area contributed by atoms with Crippen LogP contribution in [0.4, 0.5) is 18.9 Å². The third kappa shape index (κ3) is 3.38. The average Bonchev–Trinajstić information content (AvgIpc) is 2.45.